The predicted octanol–water partition coefficient (Wildman–Crippen LogP) is 5.69. The van der Waals surface area contributed by atoms with Crippen LogP contribution in [0.1, 0.15) is 44.7 Å². The van der Waals surface area contributed by atoms with Crippen molar-refractivity contribution >= 4 is 11.9 Å². The van der Waals surface area contributed by atoms with Crippen LogP contribution in [0.2, 0.25) is 0 Å². The highest BCUT2D eigenvalue weighted by molar-refractivity contribution is 5.83. The van der Waals surface area contributed by atoms with Crippen molar-refractivity contribution in [2.75, 3.05) is 26.9 Å². The summed E-state index contributed by atoms with van der Waals surface area (Å²) in [5.41, 5.74) is 5.62. The number of aromatic nitrogens is 1. The monoisotopic (exact) mass is 516 g/mol. The summed E-state index contributed by atoms with van der Waals surface area (Å²) in [6, 6.07) is 15.8. The predicted molar refractivity (Wildman–Crippen MR) is 147 cm³/mol. The van der Waals surface area contributed by atoms with Gasteiger partial charge in [0.2, 0.25) is 11.8 Å². The van der Waals surface area contributed by atoms with Gasteiger partial charge >= 0.3 is 5.97 Å². The Morgan fingerprint density at radius 3 is 2.37 bits per heavy atom. The molecule has 0 spiro atoms. The SMILES string of the molecule is CCOC(=O)Cc1ccc(OC)c(-c2ccc(-c3ccc(OCC)nc3)cc2CN(CC)C(=O)C2CC2)c1. The van der Waals surface area contributed by atoms with Crippen LogP contribution < -0.4 is 9.47 Å². The minimum Gasteiger partial charge on any atom is -0.496 e. The molecule has 1 heterocycles. The first-order valence-electron chi connectivity index (χ1n) is 13.3. The molecular weight excluding hydrogens is 480 g/mol. The Labute approximate surface area is 224 Å². The van der Waals surface area contributed by atoms with E-state index in [4.69, 9.17) is 14.2 Å². The fourth-order valence-corrected chi connectivity index (χ4v) is 4.55. The van der Waals surface area contributed by atoms with Crippen LogP contribution in [-0.4, -0.2) is 48.6 Å². The van der Waals surface area contributed by atoms with Gasteiger partial charge in [-0.2, -0.15) is 0 Å². The summed E-state index contributed by atoms with van der Waals surface area (Å²) in [6.07, 6.45) is 3.90. The van der Waals surface area contributed by atoms with Crippen molar-refractivity contribution in [1.29, 1.82) is 0 Å². The zero-order chi connectivity index (χ0) is 27.1. The molecule has 2 aromatic carbocycles. The molecule has 1 aliphatic rings. The van der Waals surface area contributed by atoms with E-state index in [0.717, 1.165) is 46.2 Å². The molecule has 1 amide bonds. The van der Waals surface area contributed by atoms with Crippen molar-refractivity contribution in [1.82, 2.24) is 9.88 Å². The lowest BCUT2D eigenvalue weighted by molar-refractivity contribution is -0.142. The molecule has 0 N–H and O–H groups in total. The Morgan fingerprint density at radius 2 is 1.74 bits per heavy atom. The zero-order valence-corrected chi connectivity index (χ0v) is 22.7. The number of carbonyl (C=O) groups is 2. The number of methoxy groups -OCH3 is 1. The van der Waals surface area contributed by atoms with E-state index in [9.17, 15) is 9.59 Å². The minimum absolute atomic E-state index is 0.138. The largest absolute Gasteiger partial charge is 0.496 e. The van der Waals surface area contributed by atoms with Crippen molar-refractivity contribution in [3.63, 3.8) is 0 Å². The summed E-state index contributed by atoms with van der Waals surface area (Å²) in [5.74, 6) is 1.36. The van der Waals surface area contributed by atoms with Crippen molar-refractivity contribution in [2.24, 2.45) is 5.92 Å². The fourth-order valence-electron chi connectivity index (χ4n) is 4.55. The van der Waals surface area contributed by atoms with Crippen LogP contribution in [0, 0.1) is 5.92 Å². The van der Waals surface area contributed by atoms with Crippen molar-refractivity contribution in [2.45, 2.75) is 46.6 Å². The normalized spacial score (nSPS) is 12.6. The smallest absolute Gasteiger partial charge is 0.310 e. The average molecular weight is 517 g/mol. The van der Waals surface area contributed by atoms with E-state index in [-0.39, 0.29) is 24.2 Å². The molecule has 4 rings (SSSR count). The molecule has 38 heavy (non-hydrogen) atoms. The summed E-state index contributed by atoms with van der Waals surface area (Å²) in [6.45, 7) is 7.75. The molecule has 0 atom stereocenters. The third-order valence-corrected chi connectivity index (χ3v) is 6.66. The molecule has 0 unspecified atom stereocenters. The van der Waals surface area contributed by atoms with Crippen LogP contribution in [0.4, 0.5) is 0 Å². The highest BCUT2D eigenvalue weighted by Gasteiger charge is 2.33. The Kier molecular flexibility index (Phi) is 9.00. The first-order valence-corrected chi connectivity index (χ1v) is 13.3. The number of benzene rings is 2. The molecule has 1 fully saturated rings. The lowest BCUT2D eigenvalue weighted by Gasteiger charge is -2.24. The minimum atomic E-state index is -0.269. The number of nitrogens with zero attached hydrogens (tertiary/aromatic N) is 2. The van der Waals surface area contributed by atoms with Gasteiger partial charge in [-0.25, -0.2) is 4.98 Å². The molecule has 0 bridgehead atoms. The van der Waals surface area contributed by atoms with E-state index in [1.54, 1.807) is 20.2 Å². The number of pyridine rings is 1. The van der Waals surface area contributed by atoms with E-state index >= 15 is 0 Å². The number of amides is 1. The second-order valence-electron chi connectivity index (χ2n) is 9.33. The second kappa shape index (κ2) is 12.6. The highest BCUT2D eigenvalue weighted by atomic mass is 16.5. The second-order valence-corrected chi connectivity index (χ2v) is 9.33. The van der Waals surface area contributed by atoms with Gasteiger partial charge in [0.25, 0.3) is 0 Å². The maximum Gasteiger partial charge on any atom is 0.310 e. The number of carbonyl (C=O) groups excluding carboxylic acids is 2. The lowest BCUT2D eigenvalue weighted by Crippen LogP contribution is -2.31. The van der Waals surface area contributed by atoms with Gasteiger partial charge in [-0.1, -0.05) is 18.2 Å². The highest BCUT2D eigenvalue weighted by Crippen LogP contribution is 2.37. The third kappa shape index (κ3) is 6.52. The zero-order valence-electron chi connectivity index (χ0n) is 22.7. The lowest BCUT2D eigenvalue weighted by atomic mass is 9.93. The van der Waals surface area contributed by atoms with Crippen LogP contribution in [0.5, 0.6) is 11.6 Å². The van der Waals surface area contributed by atoms with Crippen LogP contribution in [-0.2, 0) is 27.3 Å². The molecular formula is C31H36N2O5. The summed E-state index contributed by atoms with van der Waals surface area (Å²) >= 11 is 0. The van der Waals surface area contributed by atoms with Crippen LogP contribution in [0.25, 0.3) is 22.3 Å². The van der Waals surface area contributed by atoms with E-state index in [1.807, 2.05) is 55.1 Å². The summed E-state index contributed by atoms with van der Waals surface area (Å²) < 4.78 is 16.4. The van der Waals surface area contributed by atoms with Crippen molar-refractivity contribution < 1.29 is 23.8 Å². The van der Waals surface area contributed by atoms with Gasteiger partial charge in [-0.3, -0.25) is 9.59 Å². The molecule has 0 radical (unpaired) electrons. The number of esters is 1. The van der Waals surface area contributed by atoms with Crippen molar-refractivity contribution in [3.8, 4) is 33.9 Å². The number of hydrogen-bond acceptors (Lipinski definition) is 6. The first kappa shape index (κ1) is 27.2. The summed E-state index contributed by atoms with van der Waals surface area (Å²) in [4.78, 5) is 31.5. The average Bonchev–Trinajstić information content (AvgIpc) is 3.78. The van der Waals surface area contributed by atoms with Crippen LogP contribution in [0.15, 0.2) is 54.7 Å². The van der Waals surface area contributed by atoms with Gasteiger partial charge in [-0.15, -0.1) is 0 Å². The van der Waals surface area contributed by atoms with Gasteiger partial charge in [0.15, 0.2) is 0 Å². The summed E-state index contributed by atoms with van der Waals surface area (Å²) in [5, 5.41) is 0. The van der Waals surface area contributed by atoms with Gasteiger partial charge in [0, 0.05) is 42.4 Å². The molecule has 0 aliphatic heterocycles. The molecule has 200 valence electrons. The topological polar surface area (TPSA) is 78.0 Å². The molecule has 7 nitrogen and oxygen atoms in total. The Balaban J connectivity index is 1.77. The Hall–Kier alpha value is -3.87. The van der Waals surface area contributed by atoms with Gasteiger partial charge in [-0.05, 0) is 80.1 Å². The standard InChI is InChI=1S/C31H36N2O5/c1-5-33(31(35)22-9-10-22)20-25-18-23(24-12-15-29(32-19-24)37-6-2)11-13-26(25)27-16-21(8-14-28(27)36-4)17-30(34)38-7-3/h8,11-16,18-19,22H,5-7,9-10,17,20H2,1-4H3. The number of rotatable bonds is 12. The fraction of sp³-hybridized carbons (Fsp3) is 0.387. The van der Waals surface area contributed by atoms with Crippen molar-refractivity contribution in [3.05, 3.63) is 65.9 Å². The molecule has 0 saturated heterocycles. The third-order valence-electron chi connectivity index (χ3n) is 6.66. The van der Waals surface area contributed by atoms with E-state index in [1.165, 1.54) is 0 Å². The molecule has 1 aliphatic carbocycles. The molecule has 3 aromatic rings. The quantitative estimate of drug-likeness (QED) is 0.288. The van der Waals surface area contributed by atoms with E-state index < -0.39 is 0 Å². The number of ether oxygens (including phenoxy) is 3. The van der Waals surface area contributed by atoms with E-state index in [0.29, 0.717) is 37.9 Å². The Bertz CT molecular complexity index is 1270. The van der Waals surface area contributed by atoms with Crippen LogP contribution in [0.3, 0.4) is 0 Å². The molecule has 1 saturated carbocycles. The molecule has 7 heteroatoms. The number of hydrogen-bond donors (Lipinski definition) is 0. The maximum absolute atomic E-state index is 13.0. The summed E-state index contributed by atoms with van der Waals surface area (Å²) in [7, 11) is 1.64. The first-order chi connectivity index (χ1) is 18.5. The van der Waals surface area contributed by atoms with Gasteiger partial charge in [0.1, 0.15) is 5.75 Å². The molecule has 1 aromatic heterocycles. The van der Waals surface area contributed by atoms with Gasteiger partial charge in [0.05, 0.1) is 26.7 Å². The van der Waals surface area contributed by atoms with E-state index in [2.05, 4.69) is 17.1 Å². The maximum atomic E-state index is 13.0. The van der Waals surface area contributed by atoms with Crippen LogP contribution >= 0.6 is 0 Å². The Morgan fingerprint density at radius 1 is 0.947 bits per heavy atom. The van der Waals surface area contributed by atoms with Gasteiger partial charge < -0.3 is 19.1 Å².